The van der Waals surface area contributed by atoms with Gasteiger partial charge in [0, 0.05) is 6.42 Å². The molecule has 2 rings (SSSR count). The molecule has 2 unspecified atom stereocenters. The third kappa shape index (κ3) is 5.52. The molecule has 0 spiro atoms. The number of likely N-dealkylation sites (tertiary alicyclic amines) is 1. The van der Waals surface area contributed by atoms with Gasteiger partial charge in [0.15, 0.2) is 11.5 Å². The van der Waals surface area contributed by atoms with E-state index in [9.17, 15) is 14.7 Å². The number of rotatable bonds is 6. The first-order chi connectivity index (χ1) is 12.6. The van der Waals surface area contributed by atoms with Crippen molar-refractivity contribution in [1.82, 2.24) is 4.90 Å². The van der Waals surface area contributed by atoms with Crippen LogP contribution >= 0.6 is 0 Å². The number of carboxylic acids is 1. The van der Waals surface area contributed by atoms with Gasteiger partial charge in [-0.1, -0.05) is 19.4 Å². The molecule has 150 valence electrons. The van der Waals surface area contributed by atoms with Crippen LogP contribution in [0.3, 0.4) is 0 Å². The fraction of sp³-hybridized carbons (Fsp3) is 0.600. The van der Waals surface area contributed by atoms with E-state index in [-0.39, 0.29) is 13.0 Å². The van der Waals surface area contributed by atoms with Gasteiger partial charge in [0.2, 0.25) is 0 Å². The van der Waals surface area contributed by atoms with Crippen LogP contribution in [0, 0.1) is 0 Å². The number of hydrogen-bond donors (Lipinski definition) is 1. The van der Waals surface area contributed by atoms with Gasteiger partial charge in [0.1, 0.15) is 17.7 Å². The van der Waals surface area contributed by atoms with Crippen LogP contribution in [-0.2, 0) is 16.0 Å². The second kappa shape index (κ2) is 8.50. The second-order valence-electron chi connectivity index (χ2n) is 7.70. The molecule has 7 heteroatoms. The standard InChI is InChI=1S/C20H29NO6/c1-6-7-13-8-9-16(17(10-13)25-5)26-14-11-15(18(22)23)21(12-14)19(24)27-20(2,3)4/h8-10,14-15H,6-7,11-12H2,1-5H3,(H,22,23). The highest BCUT2D eigenvalue weighted by molar-refractivity contribution is 5.81. The molecular formula is C20H29NO6. The number of aryl methyl sites for hydroxylation is 1. The lowest BCUT2D eigenvalue weighted by Crippen LogP contribution is -2.43. The molecule has 1 aromatic carbocycles. The molecule has 27 heavy (non-hydrogen) atoms. The van der Waals surface area contributed by atoms with Crippen molar-refractivity contribution >= 4 is 12.1 Å². The number of nitrogens with zero attached hydrogens (tertiary/aromatic N) is 1. The third-order valence-electron chi connectivity index (χ3n) is 4.24. The molecule has 7 nitrogen and oxygen atoms in total. The predicted octanol–water partition coefficient (Wildman–Crippen LogP) is 3.49. The molecule has 0 bridgehead atoms. The van der Waals surface area contributed by atoms with Crippen molar-refractivity contribution in [3.8, 4) is 11.5 Å². The highest BCUT2D eigenvalue weighted by atomic mass is 16.6. The van der Waals surface area contributed by atoms with E-state index >= 15 is 0 Å². The van der Waals surface area contributed by atoms with Crippen LogP contribution in [0.1, 0.15) is 46.1 Å². The SMILES string of the molecule is CCCc1ccc(OC2CC(C(=O)O)N(C(=O)OC(C)(C)C)C2)c(OC)c1. The average molecular weight is 379 g/mol. The van der Waals surface area contributed by atoms with Crippen LogP contribution in [0.4, 0.5) is 4.79 Å². The van der Waals surface area contributed by atoms with Crippen molar-refractivity contribution in [2.45, 2.75) is 64.7 Å². The molecule has 1 saturated heterocycles. The first-order valence-electron chi connectivity index (χ1n) is 9.20. The van der Waals surface area contributed by atoms with E-state index in [4.69, 9.17) is 14.2 Å². The molecule has 1 N–H and O–H groups in total. The van der Waals surface area contributed by atoms with E-state index in [1.54, 1.807) is 27.9 Å². The normalized spacial score (nSPS) is 19.7. The molecule has 0 aliphatic carbocycles. The van der Waals surface area contributed by atoms with Crippen molar-refractivity contribution < 1.29 is 28.9 Å². The molecule has 1 aromatic rings. The molecule has 1 heterocycles. The number of carbonyl (C=O) groups is 2. The van der Waals surface area contributed by atoms with Crippen LogP contribution in [-0.4, -0.2) is 53.5 Å². The van der Waals surface area contributed by atoms with Gasteiger partial charge in [-0.3, -0.25) is 4.90 Å². The minimum absolute atomic E-state index is 0.145. The van der Waals surface area contributed by atoms with E-state index in [0.29, 0.717) is 11.5 Å². The Bertz CT molecular complexity index is 682. The van der Waals surface area contributed by atoms with E-state index in [2.05, 4.69) is 6.92 Å². The monoisotopic (exact) mass is 379 g/mol. The summed E-state index contributed by atoms with van der Waals surface area (Å²) in [6, 6.07) is 4.75. The maximum Gasteiger partial charge on any atom is 0.411 e. The first kappa shape index (κ1) is 20.9. The van der Waals surface area contributed by atoms with Crippen molar-refractivity contribution in [3.05, 3.63) is 23.8 Å². The lowest BCUT2D eigenvalue weighted by molar-refractivity contribution is -0.142. The number of methoxy groups -OCH3 is 1. The Kier molecular flexibility index (Phi) is 6.57. The number of aliphatic carboxylic acids is 1. The summed E-state index contributed by atoms with van der Waals surface area (Å²) in [7, 11) is 1.57. The van der Waals surface area contributed by atoms with Crippen molar-refractivity contribution in [2.24, 2.45) is 0 Å². The summed E-state index contributed by atoms with van der Waals surface area (Å²) in [5.41, 5.74) is 0.448. The molecule has 0 saturated carbocycles. The molecule has 1 fully saturated rings. The Labute approximate surface area is 160 Å². The predicted molar refractivity (Wildman–Crippen MR) is 100 cm³/mol. The molecule has 2 atom stereocenters. The molecule has 1 aliphatic rings. The van der Waals surface area contributed by atoms with Crippen LogP contribution in [0.5, 0.6) is 11.5 Å². The lowest BCUT2D eigenvalue weighted by Gasteiger charge is -2.26. The minimum Gasteiger partial charge on any atom is -0.493 e. The van der Waals surface area contributed by atoms with Gasteiger partial charge in [-0.2, -0.15) is 0 Å². The third-order valence-corrected chi connectivity index (χ3v) is 4.24. The van der Waals surface area contributed by atoms with E-state index < -0.39 is 29.8 Å². The first-order valence-corrected chi connectivity index (χ1v) is 9.20. The number of benzene rings is 1. The van der Waals surface area contributed by atoms with Gasteiger partial charge in [0.25, 0.3) is 0 Å². The number of amides is 1. The fourth-order valence-electron chi connectivity index (χ4n) is 3.07. The highest BCUT2D eigenvalue weighted by Gasteiger charge is 2.42. The Hall–Kier alpha value is -2.44. The Morgan fingerprint density at radius 1 is 1.26 bits per heavy atom. The Morgan fingerprint density at radius 3 is 2.52 bits per heavy atom. The maximum atomic E-state index is 12.4. The quantitative estimate of drug-likeness (QED) is 0.814. The van der Waals surface area contributed by atoms with Gasteiger partial charge in [-0.05, 0) is 44.9 Å². The van der Waals surface area contributed by atoms with Gasteiger partial charge >= 0.3 is 12.1 Å². The second-order valence-corrected chi connectivity index (χ2v) is 7.70. The largest absolute Gasteiger partial charge is 0.493 e. The van der Waals surface area contributed by atoms with Gasteiger partial charge < -0.3 is 19.3 Å². The van der Waals surface area contributed by atoms with E-state index in [1.165, 1.54) is 4.90 Å². The lowest BCUT2D eigenvalue weighted by atomic mass is 10.1. The summed E-state index contributed by atoms with van der Waals surface area (Å²) in [5.74, 6) is 0.0679. The highest BCUT2D eigenvalue weighted by Crippen LogP contribution is 2.32. The number of carbonyl (C=O) groups excluding carboxylic acids is 1. The molecule has 1 aliphatic heterocycles. The smallest absolute Gasteiger partial charge is 0.411 e. The fourth-order valence-corrected chi connectivity index (χ4v) is 3.07. The maximum absolute atomic E-state index is 12.4. The van der Waals surface area contributed by atoms with Gasteiger partial charge in [0.05, 0.1) is 13.7 Å². The zero-order valence-corrected chi connectivity index (χ0v) is 16.7. The molecule has 0 radical (unpaired) electrons. The van der Waals surface area contributed by atoms with Crippen LogP contribution in [0.15, 0.2) is 18.2 Å². The van der Waals surface area contributed by atoms with Crippen LogP contribution < -0.4 is 9.47 Å². The minimum atomic E-state index is -1.07. The van der Waals surface area contributed by atoms with E-state index in [1.807, 2.05) is 18.2 Å². The van der Waals surface area contributed by atoms with Crippen LogP contribution in [0.25, 0.3) is 0 Å². The Balaban J connectivity index is 2.14. The van der Waals surface area contributed by atoms with Crippen molar-refractivity contribution in [1.29, 1.82) is 0 Å². The van der Waals surface area contributed by atoms with Crippen molar-refractivity contribution in [3.63, 3.8) is 0 Å². The molecule has 1 amide bonds. The number of hydrogen-bond acceptors (Lipinski definition) is 5. The summed E-state index contributed by atoms with van der Waals surface area (Å²) in [4.78, 5) is 25.2. The molecule has 0 aromatic heterocycles. The number of ether oxygens (including phenoxy) is 3. The zero-order valence-electron chi connectivity index (χ0n) is 16.7. The summed E-state index contributed by atoms with van der Waals surface area (Å²) in [6.45, 7) is 7.48. The summed E-state index contributed by atoms with van der Waals surface area (Å²) in [5, 5.41) is 9.48. The summed E-state index contributed by atoms with van der Waals surface area (Å²) in [6.07, 6.45) is 1.05. The van der Waals surface area contributed by atoms with E-state index in [0.717, 1.165) is 18.4 Å². The van der Waals surface area contributed by atoms with Crippen molar-refractivity contribution in [2.75, 3.05) is 13.7 Å². The summed E-state index contributed by atoms with van der Waals surface area (Å²) < 4.78 is 16.7. The molecular weight excluding hydrogens is 350 g/mol. The van der Waals surface area contributed by atoms with Gasteiger partial charge in [-0.15, -0.1) is 0 Å². The van der Waals surface area contributed by atoms with Crippen LogP contribution in [0.2, 0.25) is 0 Å². The number of carboxylic acid groups (broad SMARTS) is 1. The Morgan fingerprint density at radius 2 is 1.96 bits per heavy atom. The zero-order chi connectivity index (χ0) is 20.2. The average Bonchev–Trinajstić information content (AvgIpc) is 2.99. The topological polar surface area (TPSA) is 85.3 Å². The van der Waals surface area contributed by atoms with Gasteiger partial charge in [-0.25, -0.2) is 9.59 Å². The summed E-state index contributed by atoms with van der Waals surface area (Å²) >= 11 is 0.